The van der Waals surface area contributed by atoms with Crippen LogP contribution in [0.4, 0.5) is 0 Å². The van der Waals surface area contributed by atoms with Gasteiger partial charge in [0.25, 0.3) is 0 Å². The zero-order valence-electron chi connectivity index (χ0n) is 10.4. The lowest BCUT2D eigenvalue weighted by Crippen LogP contribution is -2.11. The molecule has 100 valence electrons. The average Bonchev–Trinajstić information content (AvgIpc) is 2.84. The fraction of sp³-hybridized carbons (Fsp3) is 0.214. The molecule has 0 bridgehead atoms. The van der Waals surface area contributed by atoms with E-state index in [-0.39, 0.29) is 12.4 Å². The normalized spacial score (nSPS) is 10.2. The highest BCUT2D eigenvalue weighted by atomic mass is 79.9. The van der Waals surface area contributed by atoms with Crippen molar-refractivity contribution in [2.24, 2.45) is 0 Å². The molecule has 0 atom stereocenters. The van der Waals surface area contributed by atoms with E-state index < -0.39 is 0 Å². The molecule has 5 heteroatoms. The van der Waals surface area contributed by atoms with E-state index in [1.54, 1.807) is 6.07 Å². The average molecular weight is 341 g/mol. The number of carbonyl (C=O) groups is 1. The summed E-state index contributed by atoms with van der Waals surface area (Å²) in [7, 11) is 0. The fourth-order valence-electron chi connectivity index (χ4n) is 1.55. The third kappa shape index (κ3) is 3.58. The zero-order chi connectivity index (χ0) is 13.7. The summed E-state index contributed by atoms with van der Waals surface area (Å²) in [5.74, 6) is 1.20. The van der Waals surface area contributed by atoms with Crippen LogP contribution in [0.25, 0.3) is 0 Å². The Morgan fingerprint density at radius 1 is 1.21 bits per heavy atom. The van der Waals surface area contributed by atoms with E-state index in [4.69, 9.17) is 9.47 Å². The molecule has 0 saturated heterocycles. The molecule has 2 rings (SSSR count). The van der Waals surface area contributed by atoms with Crippen LogP contribution in [0.3, 0.4) is 0 Å². The molecule has 0 unspecified atom stereocenters. The van der Waals surface area contributed by atoms with Gasteiger partial charge in [-0.25, -0.2) is 0 Å². The van der Waals surface area contributed by atoms with Gasteiger partial charge in [-0.3, -0.25) is 4.79 Å². The second kappa shape index (κ2) is 6.73. The minimum atomic E-state index is -0.0480. The van der Waals surface area contributed by atoms with Crippen molar-refractivity contribution in [2.75, 3.05) is 13.2 Å². The molecule has 0 aliphatic heterocycles. The zero-order valence-corrected chi connectivity index (χ0v) is 12.8. The summed E-state index contributed by atoms with van der Waals surface area (Å²) >= 11 is 4.74. The number of para-hydroxylation sites is 2. The van der Waals surface area contributed by atoms with Gasteiger partial charge in [-0.2, -0.15) is 0 Å². The van der Waals surface area contributed by atoms with Crippen LogP contribution in [0.15, 0.2) is 40.2 Å². The van der Waals surface area contributed by atoms with Gasteiger partial charge >= 0.3 is 0 Å². The van der Waals surface area contributed by atoms with Crippen LogP contribution in [0, 0.1) is 0 Å². The standard InChI is InChI=1S/C14H13BrO3S/c1-2-17-12-5-3-4-6-13(12)18-9-11(16)14-10(15)7-8-19-14/h3-8H,2,9H2,1H3. The monoisotopic (exact) mass is 340 g/mol. The van der Waals surface area contributed by atoms with Gasteiger partial charge in [0.2, 0.25) is 5.78 Å². The summed E-state index contributed by atoms with van der Waals surface area (Å²) in [5, 5.41) is 1.87. The Kier molecular flexibility index (Phi) is 4.99. The second-order valence-electron chi connectivity index (χ2n) is 3.69. The van der Waals surface area contributed by atoms with Crippen molar-refractivity contribution < 1.29 is 14.3 Å². The maximum atomic E-state index is 12.0. The maximum Gasteiger partial charge on any atom is 0.211 e. The second-order valence-corrected chi connectivity index (χ2v) is 5.46. The van der Waals surface area contributed by atoms with Gasteiger partial charge in [0, 0.05) is 4.47 Å². The number of rotatable bonds is 6. The minimum absolute atomic E-state index is 0.00318. The maximum absolute atomic E-state index is 12.0. The van der Waals surface area contributed by atoms with Gasteiger partial charge in [-0.05, 0) is 46.4 Å². The summed E-state index contributed by atoms with van der Waals surface area (Å²) in [6.45, 7) is 2.47. The van der Waals surface area contributed by atoms with Crippen molar-refractivity contribution in [1.82, 2.24) is 0 Å². The van der Waals surface area contributed by atoms with Gasteiger partial charge in [-0.1, -0.05) is 12.1 Å². The van der Waals surface area contributed by atoms with Crippen LogP contribution >= 0.6 is 27.3 Å². The van der Waals surface area contributed by atoms with Gasteiger partial charge in [0.05, 0.1) is 11.5 Å². The number of hydrogen-bond donors (Lipinski definition) is 0. The third-order valence-electron chi connectivity index (χ3n) is 2.38. The van der Waals surface area contributed by atoms with Crippen LogP contribution in [0.5, 0.6) is 11.5 Å². The van der Waals surface area contributed by atoms with Crippen LogP contribution in [0.2, 0.25) is 0 Å². The molecule has 0 N–H and O–H groups in total. The Balaban J connectivity index is 2.03. The number of thiophene rings is 1. The lowest BCUT2D eigenvalue weighted by molar-refractivity contribution is 0.0922. The quantitative estimate of drug-likeness (QED) is 0.740. The molecule has 1 aromatic heterocycles. The van der Waals surface area contributed by atoms with Crippen molar-refractivity contribution in [3.05, 3.63) is 45.1 Å². The van der Waals surface area contributed by atoms with Gasteiger partial charge in [0.1, 0.15) is 0 Å². The van der Waals surface area contributed by atoms with E-state index in [0.717, 1.165) is 4.47 Å². The third-order valence-corrected chi connectivity index (χ3v) is 4.26. The molecule has 0 saturated carbocycles. The number of Topliss-reactive ketones (excluding diaryl/α,β-unsaturated/α-hetero) is 1. The first-order chi connectivity index (χ1) is 9.22. The molecule has 3 nitrogen and oxygen atoms in total. The molecular formula is C14H13BrO3S. The van der Waals surface area contributed by atoms with Crippen LogP contribution in [-0.2, 0) is 0 Å². The number of benzene rings is 1. The molecule has 2 aromatic rings. The Bertz CT molecular complexity index is 565. The number of halogens is 1. The summed E-state index contributed by atoms with van der Waals surface area (Å²) in [5.41, 5.74) is 0. The van der Waals surface area contributed by atoms with Crippen molar-refractivity contribution in [3.63, 3.8) is 0 Å². The van der Waals surface area contributed by atoms with Crippen LogP contribution in [-0.4, -0.2) is 19.0 Å². The van der Waals surface area contributed by atoms with Crippen molar-refractivity contribution >= 4 is 33.0 Å². The molecule has 0 radical (unpaired) electrons. The predicted octanol–water partition coefficient (Wildman–Crippen LogP) is 4.17. The summed E-state index contributed by atoms with van der Waals surface area (Å²) in [4.78, 5) is 12.7. The van der Waals surface area contributed by atoms with E-state index in [2.05, 4.69) is 15.9 Å². The molecule has 1 heterocycles. The summed E-state index contributed by atoms with van der Waals surface area (Å²) in [6, 6.07) is 9.19. The van der Waals surface area contributed by atoms with Crippen molar-refractivity contribution in [1.29, 1.82) is 0 Å². The van der Waals surface area contributed by atoms with Crippen molar-refractivity contribution in [3.8, 4) is 11.5 Å². The smallest absolute Gasteiger partial charge is 0.211 e. The fourth-order valence-corrected chi connectivity index (χ4v) is 3.07. The molecule has 0 spiro atoms. The summed E-state index contributed by atoms with van der Waals surface area (Å²) in [6.07, 6.45) is 0. The largest absolute Gasteiger partial charge is 0.490 e. The Morgan fingerprint density at radius 2 is 1.89 bits per heavy atom. The molecular weight excluding hydrogens is 328 g/mol. The highest BCUT2D eigenvalue weighted by Crippen LogP contribution is 2.27. The van der Waals surface area contributed by atoms with E-state index in [1.165, 1.54) is 11.3 Å². The number of ether oxygens (including phenoxy) is 2. The molecule has 1 aromatic carbocycles. The highest BCUT2D eigenvalue weighted by Gasteiger charge is 2.13. The number of ketones is 1. The molecule has 0 amide bonds. The highest BCUT2D eigenvalue weighted by molar-refractivity contribution is 9.10. The van der Waals surface area contributed by atoms with Crippen LogP contribution in [0.1, 0.15) is 16.6 Å². The summed E-state index contributed by atoms with van der Waals surface area (Å²) < 4.78 is 11.8. The predicted molar refractivity (Wildman–Crippen MR) is 79.5 cm³/mol. The first kappa shape index (κ1) is 14.1. The topological polar surface area (TPSA) is 35.5 Å². The minimum Gasteiger partial charge on any atom is -0.490 e. The van der Waals surface area contributed by atoms with E-state index in [0.29, 0.717) is 23.0 Å². The molecule has 0 fully saturated rings. The number of carbonyl (C=O) groups excluding carboxylic acids is 1. The van der Waals surface area contributed by atoms with E-state index in [9.17, 15) is 4.79 Å². The van der Waals surface area contributed by atoms with E-state index in [1.807, 2.05) is 36.6 Å². The molecule has 0 aliphatic carbocycles. The first-order valence-electron chi connectivity index (χ1n) is 5.83. The Morgan fingerprint density at radius 3 is 2.47 bits per heavy atom. The molecule has 19 heavy (non-hydrogen) atoms. The number of hydrogen-bond acceptors (Lipinski definition) is 4. The Hall–Kier alpha value is -1.33. The van der Waals surface area contributed by atoms with Gasteiger partial charge in [0.15, 0.2) is 18.1 Å². The lowest BCUT2D eigenvalue weighted by Gasteiger charge is -2.10. The first-order valence-corrected chi connectivity index (χ1v) is 7.50. The van der Waals surface area contributed by atoms with Crippen LogP contribution < -0.4 is 9.47 Å². The van der Waals surface area contributed by atoms with Gasteiger partial charge < -0.3 is 9.47 Å². The van der Waals surface area contributed by atoms with Crippen molar-refractivity contribution in [2.45, 2.75) is 6.92 Å². The van der Waals surface area contributed by atoms with E-state index >= 15 is 0 Å². The molecule has 0 aliphatic rings. The Labute approximate surface area is 124 Å². The SMILES string of the molecule is CCOc1ccccc1OCC(=O)c1sccc1Br. The van der Waals surface area contributed by atoms with Gasteiger partial charge in [-0.15, -0.1) is 11.3 Å². The lowest BCUT2D eigenvalue weighted by atomic mass is 10.3.